The van der Waals surface area contributed by atoms with E-state index in [1.165, 1.54) is 0 Å². The van der Waals surface area contributed by atoms with Gasteiger partial charge in [-0.15, -0.1) is 0 Å². The number of aliphatic hydroxyl groups is 1. The maximum absolute atomic E-state index is 12.2. The predicted octanol–water partition coefficient (Wildman–Crippen LogP) is 2.59. The summed E-state index contributed by atoms with van der Waals surface area (Å²) in [7, 11) is 0. The first-order valence-corrected chi connectivity index (χ1v) is 8.70. The molecule has 6 heteroatoms. The highest BCUT2D eigenvalue weighted by atomic mass is 16.3. The minimum Gasteiger partial charge on any atom is -0.391 e. The van der Waals surface area contributed by atoms with E-state index >= 15 is 0 Å². The van der Waals surface area contributed by atoms with Gasteiger partial charge in [0.2, 0.25) is 0 Å². The third kappa shape index (κ3) is 4.71. The second kappa shape index (κ2) is 8.68. The van der Waals surface area contributed by atoms with E-state index < -0.39 is 6.10 Å². The van der Waals surface area contributed by atoms with Crippen LogP contribution in [0.3, 0.4) is 0 Å². The molecule has 0 aliphatic heterocycles. The quantitative estimate of drug-likeness (QED) is 0.774. The van der Waals surface area contributed by atoms with Crippen LogP contribution in [0.4, 0.5) is 10.5 Å². The van der Waals surface area contributed by atoms with E-state index in [9.17, 15) is 14.7 Å². The van der Waals surface area contributed by atoms with Gasteiger partial charge in [-0.25, -0.2) is 4.79 Å². The Morgan fingerprint density at radius 2 is 1.75 bits per heavy atom. The fourth-order valence-corrected chi connectivity index (χ4v) is 3.00. The fraction of sp³-hybridized carbons (Fsp3) is 0.556. The number of carbonyl (C=O) groups is 2. The Balaban J connectivity index is 1.91. The van der Waals surface area contributed by atoms with Crippen LogP contribution in [0, 0.1) is 0 Å². The average Bonchev–Trinajstić information content (AvgIpc) is 2.58. The molecule has 6 nitrogen and oxygen atoms in total. The number of benzene rings is 1. The molecule has 0 radical (unpaired) electrons. The molecule has 2 rings (SSSR count). The highest BCUT2D eigenvalue weighted by molar-refractivity contribution is 5.95. The van der Waals surface area contributed by atoms with Crippen LogP contribution in [-0.2, 0) is 0 Å². The van der Waals surface area contributed by atoms with Crippen molar-refractivity contribution in [2.24, 2.45) is 0 Å². The van der Waals surface area contributed by atoms with Crippen LogP contribution < -0.4 is 10.6 Å². The van der Waals surface area contributed by atoms with Crippen molar-refractivity contribution < 1.29 is 14.7 Å². The summed E-state index contributed by atoms with van der Waals surface area (Å²) in [6, 6.07) is 6.34. The van der Waals surface area contributed by atoms with Crippen molar-refractivity contribution >= 4 is 17.6 Å². The van der Waals surface area contributed by atoms with Gasteiger partial charge in [-0.3, -0.25) is 4.79 Å². The van der Waals surface area contributed by atoms with Gasteiger partial charge in [-0.1, -0.05) is 12.8 Å². The van der Waals surface area contributed by atoms with Gasteiger partial charge < -0.3 is 20.6 Å². The van der Waals surface area contributed by atoms with Crippen LogP contribution in [0.2, 0.25) is 0 Å². The molecule has 0 aromatic heterocycles. The standard InChI is InChI=1S/C18H27N3O3/c1-3-21(4-2)17(23)13-9-11-14(12-10-13)19-18(24)20-15-7-5-6-8-16(15)22/h9-12,15-16,22H,3-8H2,1-2H3,(H2,19,20,24). The Labute approximate surface area is 143 Å². The summed E-state index contributed by atoms with van der Waals surface area (Å²) in [5.74, 6) is -0.0127. The molecule has 24 heavy (non-hydrogen) atoms. The highest BCUT2D eigenvalue weighted by Gasteiger charge is 2.24. The molecule has 2 unspecified atom stereocenters. The summed E-state index contributed by atoms with van der Waals surface area (Å²) < 4.78 is 0. The average molecular weight is 333 g/mol. The zero-order valence-electron chi connectivity index (χ0n) is 14.4. The van der Waals surface area contributed by atoms with E-state index in [0.717, 1.165) is 25.7 Å². The van der Waals surface area contributed by atoms with Crippen molar-refractivity contribution in [3.05, 3.63) is 29.8 Å². The first-order valence-electron chi connectivity index (χ1n) is 8.70. The van der Waals surface area contributed by atoms with E-state index in [1.807, 2.05) is 13.8 Å². The SMILES string of the molecule is CCN(CC)C(=O)c1ccc(NC(=O)NC2CCCCC2O)cc1. The van der Waals surface area contributed by atoms with E-state index in [2.05, 4.69) is 10.6 Å². The third-order valence-corrected chi connectivity index (χ3v) is 4.49. The van der Waals surface area contributed by atoms with Crippen molar-refractivity contribution in [3.8, 4) is 0 Å². The molecule has 2 atom stereocenters. The molecule has 3 N–H and O–H groups in total. The van der Waals surface area contributed by atoms with Crippen LogP contribution in [0.15, 0.2) is 24.3 Å². The van der Waals surface area contributed by atoms with Crippen LogP contribution in [0.1, 0.15) is 49.9 Å². The van der Waals surface area contributed by atoms with Gasteiger partial charge in [0, 0.05) is 24.3 Å². The molecule has 1 saturated carbocycles. The van der Waals surface area contributed by atoms with Crippen LogP contribution in [0.25, 0.3) is 0 Å². The van der Waals surface area contributed by atoms with Crippen LogP contribution in [0.5, 0.6) is 0 Å². The first-order chi connectivity index (χ1) is 11.5. The number of rotatable bonds is 5. The lowest BCUT2D eigenvalue weighted by atomic mass is 9.93. The van der Waals surface area contributed by atoms with Crippen LogP contribution >= 0.6 is 0 Å². The fourth-order valence-electron chi connectivity index (χ4n) is 3.00. The van der Waals surface area contributed by atoms with Gasteiger partial charge in [0.1, 0.15) is 0 Å². The number of urea groups is 1. The molecule has 1 aliphatic rings. The van der Waals surface area contributed by atoms with Crippen molar-refractivity contribution in [1.29, 1.82) is 0 Å². The Hall–Kier alpha value is -2.08. The minimum absolute atomic E-state index is 0.0127. The molecule has 132 valence electrons. The summed E-state index contributed by atoms with van der Waals surface area (Å²) in [5, 5.41) is 15.5. The number of anilines is 1. The molecule has 1 fully saturated rings. The molecular formula is C18H27N3O3. The van der Waals surface area contributed by atoms with Gasteiger partial charge in [0.15, 0.2) is 0 Å². The monoisotopic (exact) mass is 333 g/mol. The Morgan fingerprint density at radius 3 is 2.33 bits per heavy atom. The molecule has 0 spiro atoms. The molecule has 1 aromatic rings. The van der Waals surface area contributed by atoms with E-state index in [4.69, 9.17) is 0 Å². The summed E-state index contributed by atoms with van der Waals surface area (Å²) in [6.07, 6.45) is 3.07. The van der Waals surface area contributed by atoms with E-state index in [0.29, 0.717) is 24.3 Å². The summed E-state index contributed by atoms with van der Waals surface area (Å²) >= 11 is 0. The Morgan fingerprint density at radius 1 is 1.12 bits per heavy atom. The number of carbonyl (C=O) groups excluding carboxylic acids is 2. The number of aliphatic hydroxyl groups excluding tert-OH is 1. The Bertz CT molecular complexity index is 555. The lowest BCUT2D eigenvalue weighted by Gasteiger charge is -2.28. The normalized spacial score (nSPS) is 20.3. The van der Waals surface area contributed by atoms with Crippen molar-refractivity contribution in [3.63, 3.8) is 0 Å². The van der Waals surface area contributed by atoms with Gasteiger partial charge >= 0.3 is 6.03 Å². The Kier molecular flexibility index (Phi) is 6.61. The summed E-state index contributed by atoms with van der Waals surface area (Å²) in [6.45, 7) is 5.23. The molecule has 3 amide bonds. The van der Waals surface area contributed by atoms with Gasteiger partial charge in [0.05, 0.1) is 12.1 Å². The number of nitrogens with zero attached hydrogens (tertiary/aromatic N) is 1. The number of nitrogens with one attached hydrogen (secondary N) is 2. The summed E-state index contributed by atoms with van der Waals surface area (Å²) in [5.41, 5.74) is 1.22. The smallest absolute Gasteiger partial charge is 0.319 e. The zero-order chi connectivity index (χ0) is 17.5. The van der Waals surface area contributed by atoms with Crippen molar-refractivity contribution in [2.45, 2.75) is 51.7 Å². The van der Waals surface area contributed by atoms with E-state index in [1.54, 1.807) is 29.2 Å². The predicted molar refractivity (Wildman–Crippen MR) is 94.1 cm³/mol. The van der Waals surface area contributed by atoms with Gasteiger partial charge in [0.25, 0.3) is 5.91 Å². The molecule has 0 bridgehead atoms. The molecule has 0 saturated heterocycles. The maximum Gasteiger partial charge on any atom is 0.319 e. The van der Waals surface area contributed by atoms with E-state index in [-0.39, 0.29) is 18.0 Å². The zero-order valence-corrected chi connectivity index (χ0v) is 14.4. The first kappa shape index (κ1) is 18.3. The van der Waals surface area contributed by atoms with Crippen molar-refractivity contribution in [2.75, 3.05) is 18.4 Å². The van der Waals surface area contributed by atoms with Crippen LogP contribution in [-0.4, -0.2) is 47.2 Å². The molecule has 0 heterocycles. The maximum atomic E-state index is 12.2. The van der Waals surface area contributed by atoms with Gasteiger partial charge in [-0.2, -0.15) is 0 Å². The molecule has 1 aliphatic carbocycles. The van der Waals surface area contributed by atoms with Gasteiger partial charge in [-0.05, 0) is 51.0 Å². The second-order valence-corrected chi connectivity index (χ2v) is 6.11. The molecule has 1 aromatic carbocycles. The second-order valence-electron chi connectivity index (χ2n) is 6.11. The largest absolute Gasteiger partial charge is 0.391 e. The lowest BCUT2D eigenvalue weighted by molar-refractivity contribution is 0.0773. The topological polar surface area (TPSA) is 81.7 Å². The number of amides is 3. The third-order valence-electron chi connectivity index (χ3n) is 4.49. The summed E-state index contributed by atoms with van der Waals surface area (Å²) in [4.78, 5) is 26.0. The lowest BCUT2D eigenvalue weighted by Crippen LogP contribution is -2.46. The minimum atomic E-state index is -0.474. The number of hydrogen-bond acceptors (Lipinski definition) is 3. The number of hydrogen-bond donors (Lipinski definition) is 3. The molecular weight excluding hydrogens is 306 g/mol. The highest BCUT2D eigenvalue weighted by Crippen LogP contribution is 2.18. The van der Waals surface area contributed by atoms with Crippen molar-refractivity contribution in [1.82, 2.24) is 10.2 Å².